The Morgan fingerprint density at radius 1 is 1.05 bits per heavy atom. The number of aromatic nitrogens is 1. The fourth-order valence-electron chi connectivity index (χ4n) is 6.55. The molecular formula is C32H36F3N3O3. The predicted molar refractivity (Wildman–Crippen MR) is 149 cm³/mol. The van der Waals surface area contributed by atoms with Crippen molar-refractivity contribution in [3.8, 4) is 5.75 Å². The molecule has 0 bridgehead atoms. The summed E-state index contributed by atoms with van der Waals surface area (Å²) in [5.41, 5.74) is -0.397. The van der Waals surface area contributed by atoms with Crippen LogP contribution in [0.15, 0.2) is 72.9 Å². The van der Waals surface area contributed by atoms with Gasteiger partial charge in [0, 0.05) is 50.1 Å². The molecule has 6 nitrogen and oxygen atoms in total. The molecule has 0 saturated carbocycles. The number of carbonyl (C=O) groups is 1. The molecule has 2 aromatic carbocycles. The number of amides is 1. The van der Waals surface area contributed by atoms with E-state index in [2.05, 4.69) is 16.4 Å². The highest BCUT2D eigenvalue weighted by molar-refractivity contribution is 5.88. The summed E-state index contributed by atoms with van der Waals surface area (Å²) >= 11 is 0. The highest BCUT2D eigenvalue weighted by atomic mass is 19.4. The summed E-state index contributed by atoms with van der Waals surface area (Å²) in [4.78, 5) is 19.2. The van der Waals surface area contributed by atoms with Crippen LogP contribution < -0.4 is 10.1 Å². The molecule has 1 unspecified atom stereocenters. The summed E-state index contributed by atoms with van der Waals surface area (Å²) in [6, 6.07) is 19.1. The van der Waals surface area contributed by atoms with Crippen LogP contribution in [0.25, 0.3) is 0 Å². The van der Waals surface area contributed by atoms with Crippen LogP contribution in [0, 0.1) is 12.3 Å². The van der Waals surface area contributed by atoms with Gasteiger partial charge in [-0.25, -0.2) is 0 Å². The van der Waals surface area contributed by atoms with Crippen molar-refractivity contribution in [2.24, 2.45) is 5.41 Å². The van der Waals surface area contributed by atoms with Crippen LogP contribution in [0.2, 0.25) is 0 Å². The SMILES string of the molecule is CO[C@@](C(=O)N1CCC2(CCNCC2c2ccccc2OCc2ccnc(C)c2)CC1)(c1ccccc1)C(F)(F)F. The number of carbonyl (C=O) groups excluding carboxylic acids is 1. The van der Waals surface area contributed by atoms with E-state index in [1.165, 1.54) is 29.2 Å². The van der Waals surface area contributed by atoms with Gasteiger partial charge < -0.3 is 19.7 Å². The molecule has 2 fully saturated rings. The number of alkyl halides is 3. The third-order valence-electron chi connectivity index (χ3n) is 8.77. The van der Waals surface area contributed by atoms with Gasteiger partial charge in [-0.1, -0.05) is 48.5 Å². The molecule has 3 aromatic rings. The van der Waals surface area contributed by atoms with Gasteiger partial charge >= 0.3 is 6.18 Å². The molecule has 1 N–H and O–H groups in total. The van der Waals surface area contributed by atoms with Gasteiger partial charge in [0.1, 0.15) is 12.4 Å². The molecule has 0 aliphatic carbocycles. The zero-order valence-corrected chi connectivity index (χ0v) is 23.4. The monoisotopic (exact) mass is 567 g/mol. The quantitative estimate of drug-likeness (QED) is 0.394. The number of halogens is 3. The molecule has 2 atom stereocenters. The average Bonchev–Trinajstić information content (AvgIpc) is 2.97. The molecule has 5 rings (SSSR count). The number of para-hydroxylation sites is 1. The lowest BCUT2D eigenvalue weighted by atomic mass is 9.62. The minimum Gasteiger partial charge on any atom is -0.489 e. The zero-order chi connectivity index (χ0) is 29.1. The standard InChI is InChI=1S/C32H36F3N3O3/c1-23-20-24(12-16-37-23)22-41-28-11-7-6-10-26(28)27-21-36-17-13-30(27)14-18-38(19-15-30)29(39)31(40-2,32(33,34)35)25-8-4-3-5-9-25/h3-12,16,20,27,36H,13-15,17-19,21-22H2,1-2H3/t27?,31-/m1/s1. The van der Waals surface area contributed by atoms with E-state index in [4.69, 9.17) is 9.47 Å². The summed E-state index contributed by atoms with van der Waals surface area (Å²) in [6.45, 7) is 4.35. The normalized spacial score (nSPS) is 20.4. The molecule has 1 aromatic heterocycles. The maximum Gasteiger partial charge on any atom is 0.430 e. The summed E-state index contributed by atoms with van der Waals surface area (Å²) < 4.78 is 55.1. The maximum absolute atomic E-state index is 14.6. The Balaban J connectivity index is 1.37. The van der Waals surface area contributed by atoms with Crippen LogP contribution in [-0.4, -0.2) is 55.3 Å². The third-order valence-corrected chi connectivity index (χ3v) is 8.77. The number of nitrogens with zero attached hydrogens (tertiary/aromatic N) is 2. The Labute approximate surface area is 238 Å². The molecule has 41 heavy (non-hydrogen) atoms. The van der Waals surface area contributed by atoms with E-state index in [-0.39, 0.29) is 30.0 Å². The second-order valence-electron chi connectivity index (χ2n) is 11.0. The minimum absolute atomic E-state index is 0.0906. The number of nitrogens with one attached hydrogen (secondary N) is 1. The molecule has 0 radical (unpaired) electrons. The average molecular weight is 568 g/mol. The molecule has 9 heteroatoms. The Hall–Kier alpha value is -3.43. The number of likely N-dealkylation sites (tertiary alicyclic amines) is 1. The number of hydrogen-bond donors (Lipinski definition) is 1. The van der Waals surface area contributed by atoms with Crippen LogP contribution in [0.5, 0.6) is 5.75 Å². The first-order valence-corrected chi connectivity index (χ1v) is 14.0. The van der Waals surface area contributed by atoms with Crippen LogP contribution in [0.4, 0.5) is 13.2 Å². The summed E-state index contributed by atoms with van der Waals surface area (Å²) in [5, 5.41) is 3.51. The second kappa shape index (κ2) is 11.8. The highest BCUT2D eigenvalue weighted by Gasteiger charge is 2.64. The van der Waals surface area contributed by atoms with Crippen molar-refractivity contribution < 1.29 is 27.4 Å². The number of piperidine rings is 2. The Kier molecular flexibility index (Phi) is 8.38. The number of aryl methyl sites for hydroxylation is 1. The smallest absolute Gasteiger partial charge is 0.430 e. The Morgan fingerprint density at radius 2 is 1.76 bits per heavy atom. The lowest BCUT2D eigenvalue weighted by Crippen LogP contribution is -2.59. The van der Waals surface area contributed by atoms with Crippen LogP contribution >= 0.6 is 0 Å². The lowest BCUT2D eigenvalue weighted by Gasteiger charge is -2.51. The number of ether oxygens (including phenoxy) is 2. The van der Waals surface area contributed by atoms with Crippen LogP contribution in [0.3, 0.4) is 0 Å². The fourth-order valence-corrected chi connectivity index (χ4v) is 6.55. The largest absolute Gasteiger partial charge is 0.489 e. The van der Waals surface area contributed by atoms with Gasteiger partial charge in [0.05, 0.1) is 0 Å². The van der Waals surface area contributed by atoms with Gasteiger partial charge in [0.15, 0.2) is 0 Å². The van der Waals surface area contributed by atoms with Crippen molar-refractivity contribution >= 4 is 5.91 Å². The number of pyridine rings is 1. The number of rotatable bonds is 7. The number of methoxy groups -OCH3 is 1. The van der Waals surface area contributed by atoms with Gasteiger partial charge in [0.2, 0.25) is 0 Å². The van der Waals surface area contributed by atoms with Crippen molar-refractivity contribution in [2.75, 3.05) is 33.3 Å². The van der Waals surface area contributed by atoms with Gasteiger partial charge in [-0.3, -0.25) is 9.78 Å². The van der Waals surface area contributed by atoms with E-state index in [0.29, 0.717) is 19.4 Å². The lowest BCUT2D eigenvalue weighted by molar-refractivity contribution is -0.271. The van der Waals surface area contributed by atoms with E-state index in [1.54, 1.807) is 12.3 Å². The van der Waals surface area contributed by atoms with E-state index < -0.39 is 17.7 Å². The summed E-state index contributed by atoms with van der Waals surface area (Å²) in [7, 11) is 0.955. The second-order valence-corrected chi connectivity index (χ2v) is 11.0. The van der Waals surface area contributed by atoms with Crippen LogP contribution in [0.1, 0.15) is 47.6 Å². The zero-order valence-electron chi connectivity index (χ0n) is 23.4. The molecule has 2 aliphatic heterocycles. The fraction of sp³-hybridized carbons (Fsp3) is 0.438. The van der Waals surface area contributed by atoms with Gasteiger partial charge in [-0.15, -0.1) is 0 Å². The van der Waals surface area contributed by atoms with Crippen molar-refractivity contribution in [3.63, 3.8) is 0 Å². The first kappa shape index (κ1) is 29.1. The number of benzene rings is 2. The van der Waals surface area contributed by atoms with E-state index in [9.17, 15) is 18.0 Å². The molecule has 2 aliphatic rings. The van der Waals surface area contributed by atoms with Gasteiger partial charge in [-0.2, -0.15) is 13.2 Å². The predicted octanol–water partition coefficient (Wildman–Crippen LogP) is 5.76. The van der Waals surface area contributed by atoms with Crippen molar-refractivity contribution in [3.05, 3.63) is 95.3 Å². The van der Waals surface area contributed by atoms with Gasteiger partial charge in [0.25, 0.3) is 11.5 Å². The Bertz CT molecular complexity index is 1340. The Morgan fingerprint density at radius 3 is 2.44 bits per heavy atom. The molecular weight excluding hydrogens is 531 g/mol. The van der Waals surface area contributed by atoms with E-state index in [0.717, 1.165) is 49.2 Å². The first-order valence-electron chi connectivity index (χ1n) is 14.0. The first-order chi connectivity index (χ1) is 19.7. The molecule has 3 heterocycles. The molecule has 1 spiro atoms. The van der Waals surface area contributed by atoms with Crippen molar-refractivity contribution in [2.45, 2.75) is 50.5 Å². The van der Waals surface area contributed by atoms with Crippen molar-refractivity contribution in [1.29, 1.82) is 0 Å². The summed E-state index contributed by atoms with van der Waals surface area (Å²) in [6.07, 6.45) is -1.10. The highest BCUT2D eigenvalue weighted by Crippen LogP contribution is 2.51. The molecule has 1 amide bonds. The van der Waals surface area contributed by atoms with Crippen molar-refractivity contribution in [1.82, 2.24) is 15.2 Å². The molecule has 218 valence electrons. The topological polar surface area (TPSA) is 63.7 Å². The number of hydrogen-bond acceptors (Lipinski definition) is 5. The van der Waals surface area contributed by atoms with E-state index in [1.807, 2.05) is 37.3 Å². The van der Waals surface area contributed by atoms with E-state index >= 15 is 0 Å². The maximum atomic E-state index is 14.6. The van der Waals surface area contributed by atoms with Crippen LogP contribution in [-0.2, 0) is 21.7 Å². The van der Waals surface area contributed by atoms with Gasteiger partial charge in [-0.05, 0) is 67.5 Å². The molecule has 2 saturated heterocycles. The third kappa shape index (κ3) is 5.57. The summed E-state index contributed by atoms with van der Waals surface area (Å²) in [5.74, 6) is -0.170. The minimum atomic E-state index is -4.92.